The smallest absolute Gasteiger partial charge is 0.247 e. The Labute approximate surface area is 129 Å². The van der Waals surface area contributed by atoms with Gasteiger partial charge in [0.25, 0.3) is 0 Å². The molecule has 1 atom stereocenters. The Morgan fingerprint density at radius 2 is 2.09 bits per heavy atom. The van der Waals surface area contributed by atoms with Crippen molar-refractivity contribution in [2.24, 2.45) is 0 Å². The number of rotatable bonds is 4. The van der Waals surface area contributed by atoms with Crippen LogP contribution in [0.5, 0.6) is 0 Å². The largest absolute Gasteiger partial charge is 0.338 e. The Hall–Kier alpha value is -2.28. The molecule has 1 amide bonds. The van der Waals surface area contributed by atoms with Crippen molar-refractivity contribution in [3.63, 3.8) is 0 Å². The van der Waals surface area contributed by atoms with Crippen LogP contribution in [0.4, 0.5) is 0 Å². The second kappa shape index (κ2) is 6.65. The van der Waals surface area contributed by atoms with E-state index >= 15 is 0 Å². The zero-order valence-corrected chi connectivity index (χ0v) is 12.7. The van der Waals surface area contributed by atoms with E-state index in [0.29, 0.717) is 0 Å². The molecule has 3 rings (SSSR count). The molecule has 3 heterocycles. The molecule has 1 fully saturated rings. The number of hydrogen-bond donors (Lipinski definition) is 0. The molecule has 22 heavy (non-hydrogen) atoms. The molecule has 0 unspecified atom stereocenters. The molecule has 0 saturated carbocycles. The zero-order chi connectivity index (χ0) is 15.4. The maximum absolute atomic E-state index is 12.5. The first-order chi connectivity index (χ1) is 10.7. The van der Waals surface area contributed by atoms with Gasteiger partial charge in [0, 0.05) is 38.9 Å². The van der Waals surface area contributed by atoms with Gasteiger partial charge in [0.1, 0.15) is 18.7 Å². The van der Waals surface area contributed by atoms with Crippen LogP contribution in [0, 0.1) is 0 Å². The van der Waals surface area contributed by atoms with Gasteiger partial charge in [0.15, 0.2) is 0 Å². The minimum atomic E-state index is -0.301. The Morgan fingerprint density at radius 3 is 2.73 bits per heavy atom. The fraction of sp³-hybridized carbons (Fsp3) is 0.467. The Balaban J connectivity index is 1.52. The highest BCUT2D eigenvalue weighted by atomic mass is 16.2. The van der Waals surface area contributed by atoms with E-state index in [9.17, 15) is 4.79 Å². The minimum absolute atomic E-state index is 0.1000. The maximum atomic E-state index is 12.5. The predicted molar refractivity (Wildman–Crippen MR) is 80.8 cm³/mol. The Morgan fingerprint density at radius 1 is 1.27 bits per heavy atom. The van der Waals surface area contributed by atoms with E-state index < -0.39 is 0 Å². The summed E-state index contributed by atoms with van der Waals surface area (Å²) in [7, 11) is 0. The summed E-state index contributed by atoms with van der Waals surface area (Å²) in [6.45, 7) is 5.91. The molecule has 0 bridgehead atoms. The van der Waals surface area contributed by atoms with Crippen LogP contribution in [-0.4, -0.2) is 61.6 Å². The van der Waals surface area contributed by atoms with E-state index in [1.807, 2.05) is 36.2 Å². The number of nitrogens with zero attached hydrogens (tertiary/aromatic N) is 6. The zero-order valence-electron chi connectivity index (χ0n) is 12.7. The van der Waals surface area contributed by atoms with Crippen LogP contribution in [0.3, 0.4) is 0 Å². The maximum Gasteiger partial charge on any atom is 0.247 e. The molecule has 1 aliphatic heterocycles. The van der Waals surface area contributed by atoms with Crippen molar-refractivity contribution in [1.82, 2.24) is 29.5 Å². The summed E-state index contributed by atoms with van der Waals surface area (Å²) in [5.41, 5.74) is 1.07. The standard InChI is InChI=1S/C15H20N6O/c1-13(21-12-16-11-18-21)15(22)20-8-6-19(7-9-20)10-14-4-2-3-5-17-14/h2-5,11-13H,6-10H2,1H3/t13-/m0/s1. The SMILES string of the molecule is C[C@@H](C(=O)N1CCN(Cc2ccccn2)CC1)n1cncn1. The van der Waals surface area contributed by atoms with Crippen molar-refractivity contribution in [3.05, 3.63) is 42.7 Å². The van der Waals surface area contributed by atoms with Gasteiger partial charge in [-0.2, -0.15) is 5.10 Å². The first-order valence-corrected chi connectivity index (χ1v) is 7.49. The molecule has 0 spiro atoms. The summed E-state index contributed by atoms with van der Waals surface area (Å²) in [6.07, 6.45) is 4.85. The predicted octanol–water partition coefficient (Wildman–Crippen LogP) is 0.578. The van der Waals surface area contributed by atoms with E-state index in [2.05, 4.69) is 20.0 Å². The van der Waals surface area contributed by atoms with Gasteiger partial charge >= 0.3 is 0 Å². The normalized spacial score (nSPS) is 17.4. The van der Waals surface area contributed by atoms with Crippen LogP contribution in [0.2, 0.25) is 0 Å². The third kappa shape index (κ3) is 3.30. The number of piperazine rings is 1. The highest BCUT2D eigenvalue weighted by molar-refractivity contribution is 5.80. The molecule has 1 aliphatic rings. The van der Waals surface area contributed by atoms with Crippen molar-refractivity contribution in [2.75, 3.05) is 26.2 Å². The van der Waals surface area contributed by atoms with Gasteiger partial charge in [-0.05, 0) is 19.1 Å². The summed E-state index contributed by atoms with van der Waals surface area (Å²) in [5.74, 6) is 0.1000. The summed E-state index contributed by atoms with van der Waals surface area (Å²) in [6, 6.07) is 5.66. The van der Waals surface area contributed by atoms with Crippen LogP contribution < -0.4 is 0 Å². The van der Waals surface area contributed by atoms with Gasteiger partial charge in [-0.1, -0.05) is 6.07 Å². The van der Waals surface area contributed by atoms with Crippen LogP contribution in [0.25, 0.3) is 0 Å². The topological polar surface area (TPSA) is 67.2 Å². The summed E-state index contributed by atoms with van der Waals surface area (Å²) >= 11 is 0. The third-order valence-corrected chi connectivity index (χ3v) is 3.99. The second-order valence-electron chi connectivity index (χ2n) is 5.47. The highest BCUT2D eigenvalue weighted by Crippen LogP contribution is 2.12. The average molecular weight is 300 g/mol. The molecule has 1 saturated heterocycles. The third-order valence-electron chi connectivity index (χ3n) is 3.99. The van der Waals surface area contributed by atoms with Gasteiger partial charge in [-0.3, -0.25) is 14.7 Å². The van der Waals surface area contributed by atoms with Gasteiger partial charge < -0.3 is 4.90 Å². The van der Waals surface area contributed by atoms with Crippen molar-refractivity contribution in [1.29, 1.82) is 0 Å². The van der Waals surface area contributed by atoms with Crippen molar-refractivity contribution in [3.8, 4) is 0 Å². The fourth-order valence-electron chi connectivity index (χ4n) is 2.64. The molecule has 7 heteroatoms. The summed E-state index contributed by atoms with van der Waals surface area (Å²) < 4.78 is 1.60. The Kier molecular flexibility index (Phi) is 4.43. The molecule has 2 aromatic heterocycles. The molecule has 0 aliphatic carbocycles. The van der Waals surface area contributed by atoms with Gasteiger partial charge in [0.2, 0.25) is 5.91 Å². The minimum Gasteiger partial charge on any atom is -0.338 e. The molecule has 0 aromatic carbocycles. The number of carbonyl (C=O) groups excluding carboxylic acids is 1. The van der Waals surface area contributed by atoms with Gasteiger partial charge in [0.05, 0.1) is 5.69 Å². The molecular weight excluding hydrogens is 280 g/mol. The molecule has 116 valence electrons. The summed E-state index contributed by atoms with van der Waals surface area (Å²) in [4.78, 5) is 24.9. The average Bonchev–Trinajstić information content (AvgIpc) is 3.10. The van der Waals surface area contributed by atoms with Crippen LogP contribution >= 0.6 is 0 Å². The summed E-state index contributed by atoms with van der Waals surface area (Å²) in [5, 5.41) is 4.04. The molecular formula is C15H20N6O. The van der Waals surface area contributed by atoms with E-state index in [-0.39, 0.29) is 11.9 Å². The lowest BCUT2D eigenvalue weighted by Gasteiger charge is -2.35. The van der Waals surface area contributed by atoms with Gasteiger partial charge in [-0.25, -0.2) is 9.67 Å². The van der Waals surface area contributed by atoms with E-state index in [4.69, 9.17) is 0 Å². The number of carbonyl (C=O) groups is 1. The van der Waals surface area contributed by atoms with Crippen LogP contribution in [-0.2, 0) is 11.3 Å². The molecule has 0 radical (unpaired) electrons. The number of hydrogen-bond acceptors (Lipinski definition) is 5. The van der Waals surface area contributed by atoms with Crippen molar-refractivity contribution in [2.45, 2.75) is 19.5 Å². The first-order valence-electron chi connectivity index (χ1n) is 7.49. The van der Waals surface area contributed by atoms with E-state index in [1.165, 1.54) is 6.33 Å². The molecule has 2 aromatic rings. The first kappa shape index (κ1) is 14.6. The monoisotopic (exact) mass is 300 g/mol. The molecule has 0 N–H and O–H groups in total. The number of pyridine rings is 1. The van der Waals surface area contributed by atoms with E-state index in [0.717, 1.165) is 38.4 Å². The van der Waals surface area contributed by atoms with Gasteiger partial charge in [-0.15, -0.1) is 0 Å². The lowest BCUT2D eigenvalue weighted by Crippen LogP contribution is -2.50. The number of aromatic nitrogens is 4. The van der Waals surface area contributed by atoms with Crippen molar-refractivity contribution < 1.29 is 4.79 Å². The molecule has 7 nitrogen and oxygen atoms in total. The van der Waals surface area contributed by atoms with Crippen LogP contribution in [0.15, 0.2) is 37.1 Å². The van der Waals surface area contributed by atoms with Crippen molar-refractivity contribution >= 4 is 5.91 Å². The Bertz CT molecular complexity index is 592. The lowest BCUT2D eigenvalue weighted by atomic mass is 10.2. The quantitative estimate of drug-likeness (QED) is 0.826. The fourth-order valence-corrected chi connectivity index (χ4v) is 2.64. The second-order valence-corrected chi connectivity index (χ2v) is 5.47. The lowest BCUT2D eigenvalue weighted by molar-refractivity contribution is -0.136. The van der Waals surface area contributed by atoms with E-state index in [1.54, 1.807) is 11.0 Å². The number of amides is 1. The highest BCUT2D eigenvalue weighted by Gasteiger charge is 2.26. The van der Waals surface area contributed by atoms with Crippen LogP contribution in [0.1, 0.15) is 18.7 Å².